The SMILES string of the molecule is O=C(/C=C\c1ccccn1)c1cccc(F)c1O. The Morgan fingerprint density at radius 3 is 2.78 bits per heavy atom. The number of benzene rings is 1. The van der Waals surface area contributed by atoms with Crippen LogP contribution in [0.3, 0.4) is 0 Å². The van der Waals surface area contributed by atoms with Gasteiger partial charge >= 0.3 is 0 Å². The first-order chi connectivity index (χ1) is 8.68. The lowest BCUT2D eigenvalue weighted by atomic mass is 10.1. The maximum Gasteiger partial charge on any atom is 0.189 e. The third-order valence-corrected chi connectivity index (χ3v) is 2.35. The third kappa shape index (κ3) is 2.60. The molecular weight excluding hydrogens is 233 g/mol. The van der Waals surface area contributed by atoms with Gasteiger partial charge < -0.3 is 5.11 Å². The van der Waals surface area contributed by atoms with Gasteiger partial charge in [-0.25, -0.2) is 4.39 Å². The molecule has 2 rings (SSSR count). The first kappa shape index (κ1) is 12.0. The van der Waals surface area contributed by atoms with Crippen LogP contribution in [0.25, 0.3) is 6.08 Å². The molecule has 1 heterocycles. The highest BCUT2D eigenvalue weighted by Gasteiger charge is 2.11. The maximum atomic E-state index is 13.1. The number of aromatic nitrogens is 1. The van der Waals surface area contributed by atoms with E-state index in [0.29, 0.717) is 5.69 Å². The summed E-state index contributed by atoms with van der Waals surface area (Å²) < 4.78 is 13.1. The highest BCUT2D eigenvalue weighted by molar-refractivity contribution is 6.08. The summed E-state index contributed by atoms with van der Waals surface area (Å²) in [6.45, 7) is 0. The quantitative estimate of drug-likeness (QED) is 0.666. The Morgan fingerprint density at radius 1 is 1.22 bits per heavy atom. The molecule has 0 aliphatic rings. The fourth-order valence-electron chi connectivity index (χ4n) is 1.44. The monoisotopic (exact) mass is 243 g/mol. The summed E-state index contributed by atoms with van der Waals surface area (Å²) in [7, 11) is 0. The van der Waals surface area contributed by atoms with E-state index in [1.807, 2.05) is 0 Å². The number of pyridine rings is 1. The van der Waals surface area contributed by atoms with E-state index in [2.05, 4.69) is 4.98 Å². The van der Waals surface area contributed by atoms with Crippen molar-refractivity contribution in [2.75, 3.05) is 0 Å². The standard InChI is InChI=1S/C14H10FNO2/c15-12-6-3-5-11(14(12)18)13(17)8-7-10-4-1-2-9-16-10/h1-9,18H/b8-7-. The Bertz CT molecular complexity index is 594. The van der Waals surface area contributed by atoms with Gasteiger partial charge in [0, 0.05) is 6.20 Å². The van der Waals surface area contributed by atoms with Gasteiger partial charge in [-0.2, -0.15) is 0 Å². The van der Waals surface area contributed by atoms with Crippen LogP contribution in [0.4, 0.5) is 4.39 Å². The number of phenols is 1. The summed E-state index contributed by atoms with van der Waals surface area (Å²) in [5.41, 5.74) is 0.545. The molecular formula is C14H10FNO2. The minimum Gasteiger partial charge on any atom is -0.504 e. The van der Waals surface area contributed by atoms with E-state index in [9.17, 15) is 14.3 Å². The summed E-state index contributed by atoms with van der Waals surface area (Å²) in [6, 6.07) is 9.11. The number of nitrogens with zero attached hydrogens (tertiary/aromatic N) is 1. The summed E-state index contributed by atoms with van der Waals surface area (Å²) in [5, 5.41) is 9.42. The van der Waals surface area contributed by atoms with Gasteiger partial charge in [0.05, 0.1) is 11.3 Å². The normalized spacial score (nSPS) is 10.7. The molecule has 1 aromatic carbocycles. The minimum absolute atomic E-state index is 0.0674. The topological polar surface area (TPSA) is 50.2 Å². The van der Waals surface area contributed by atoms with Crippen LogP contribution in [-0.4, -0.2) is 15.9 Å². The van der Waals surface area contributed by atoms with E-state index in [-0.39, 0.29) is 5.56 Å². The Balaban J connectivity index is 2.23. The minimum atomic E-state index is -0.813. The van der Waals surface area contributed by atoms with Crippen LogP contribution in [0.1, 0.15) is 16.1 Å². The molecule has 18 heavy (non-hydrogen) atoms. The van der Waals surface area contributed by atoms with Crippen LogP contribution in [0, 0.1) is 5.82 Å². The van der Waals surface area contributed by atoms with Gasteiger partial charge in [0.1, 0.15) is 0 Å². The van der Waals surface area contributed by atoms with Crippen molar-refractivity contribution in [3.05, 3.63) is 65.7 Å². The molecule has 1 N–H and O–H groups in total. The number of ketones is 1. The van der Waals surface area contributed by atoms with E-state index in [4.69, 9.17) is 0 Å². The van der Waals surface area contributed by atoms with E-state index >= 15 is 0 Å². The largest absolute Gasteiger partial charge is 0.504 e. The predicted octanol–water partition coefficient (Wildman–Crippen LogP) is 2.82. The number of rotatable bonds is 3. The van der Waals surface area contributed by atoms with Gasteiger partial charge in [-0.15, -0.1) is 0 Å². The Morgan fingerprint density at radius 2 is 2.06 bits per heavy atom. The van der Waals surface area contributed by atoms with Crippen molar-refractivity contribution in [1.82, 2.24) is 4.98 Å². The van der Waals surface area contributed by atoms with Crippen LogP contribution in [0.2, 0.25) is 0 Å². The molecule has 0 fully saturated rings. The van der Waals surface area contributed by atoms with Crippen molar-refractivity contribution >= 4 is 11.9 Å². The highest BCUT2D eigenvalue weighted by atomic mass is 19.1. The van der Waals surface area contributed by atoms with Gasteiger partial charge in [0.2, 0.25) is 0 Å². The average Bonchev–Trinajstić information content (AvgIpc) is 2.40. The zero-order valence-electron chi connectivity index (χ0n) is 9.38. The Kier molecular flexibility index (Phi) is 3.48. The number of carbonyl (C=O) groups excluding carboxylic acids is 1. The van der Waals surface area contributed by atoms with Gasteiger partial charge in [0.15, 0.2) is 17.3 Å². The van der Waals surface area contributed by atoms with Crippen molar-refractivity contribution in [3.8, 4) is 5.75 Å². The third-order valence-electron chi connectivity index (χ3n) is 2.35. The summed E-state index contributed by atoms with van der Waals surface area (Å²) >= 11 is 0. The molecule has 1 aromatic heterocycles. The number of carbonyl (C=O) groups is 1. The van der Waals surface area contributed by atoms with Gasteiger partial charge in [-0.05, 0) is 36.4 Å². The molecule has 0 spiro atoms. The van der Waals surface area contributed by atoms with Gasteiger partial charge in [-0.1, -0.05) is 12.1 Å². The molecule has 2 aromatic rings. The molecule has 0 aliphatic heterocycles. The van der Waals surface area contributed by atoms with Crippen molar-refractivity contribution < 1.29 is 14.3 Å². The lowest BCUT2D eigenvalue weighted by molar-refractivity contribution is 0.104. The van der Waals surface area contributed by atoms with E-state index in [1.54, 1.807) is 24.4 Å². The first-order valence-corrected chi connectivity index (χ1v) is 5.29. The highest BCUT2D eigenvalue weighted by Crippen LogP contribution is 2.21. The molecule has 0 aliphatic carbocycles. The van der Waals surface area contributed by atoms with E-state index < -0.39 is 17.3 Å². The molecule has 90 valence electrons. The number of phenolic OH excluding ortho intramolecular Hbond substituents is 1. The fraction of sp³-hybridized carbons (Fsp3) is 0. The molecule has 0 saturated heterocycles. The van der Waals surface area contributed by atoms with Crippen LogP contribution in [-0.2, 0) is 0 Å². The van der Waals surface area contributed by atoms with Crippen LogP contribution in [0.15, 0.2) is 48.7 Å². The summed E-state index contributed by atoms with van der Waals surface area (Å²) in [6.07, 6.45) is 4.35. The molecule has 0 bridgehead atoms. The van der Waals surface area contributed by atoms with Crippen molar-refractivity contribution in [2.24, 2.45) is 0 Å². The molecule has 0 unspecified atom stereocenters. The second-order valence-corrected chi connectivity index (χ2v) is 3.59. The predicted molar refractivity (Wildman–Crippen MR) is 65.7 cm³/mol. The second-order valence-electron chi connectivity index (χ2n) is 3.59. The molecule has 3 nitrogen and oxygen atoms in total. The van der Waals surface area contributed by atoms with Crippen molar-refractivity contribution in [3.63, 3.8) is 0 Å². The average molecular weight is 243 g/mol. The van der Waals surface area contributed by atoms with Crippen molar-refractivity contribution in [2.45, 2.75) is 0 Å². The molecule has 4 heteroatoms. The van der Waals surface area contributed by atoms with Crippen LogP contribution < -0.4 is 0 Å². The number of hydrogen-bond donors (Lipinski definition) is 1. The Hall–Kier alpha value is -2.49. The second kappa shape index (κ2) is 5.23. The number of hydrogen-bond acceptors (Lipinski definition) is 3. The first-order valence-electron chi connectivity index (χ1n) is 5.29. The van der Waals surface area contributed by atoms with Crippen LogP contribution >= 0.6 is 0 Å². The zero-order chi connectivity index (χ0) is 13.0. The van der Waals surface area contributed by atoms with Crippen molar-refractivity contribution in [1.29, 1.82) is 0 Å². The van der Waals surface area contributed by atoms with Crippen LogP contribution in [0.5, 0.6) is 5.75 Å². The molecule has 0 amide bonds. The smallest absolute Gasteiger partial charge is 0.189 e. The maximum absolute atomic E-state index is 13.1. The molecule has 0 radical (unpaired) electrons. The fourth-order valence-corrected chi connectivity index (χ4v) is 1.44. The molecule has 0 atom stereocenters. The summed E-state index contributed by atoms with van der Waals surface area (Å²) in [5.74, 6) is -1.92. The molecule has 0 saturated carbocycles. The lowest BCUT2D eigenvalue weighted by Crippen LogP contribution is -1.96. The summed E-state index contributed by atoms with van der Waals surface area (Å²) in [4.78, 5) is 15.8. The van der Waals surface area contributed by atoms with E-state index in [1.165, 1.54) is 24.3 Å². The number of para-hydroxylation sites is 1. The van der Waals surface area contributed by atoms with Gasteiger partial charge in [-0.3, -0.25) is 9.78 Å². The zero-order valence-corrected chi connectivity index (χ0v) is 9.38. The van der Waals surface area contributed by atoms with Gasteiger partial charge in [0.25, 0.3) is 0 Å². The number of allylic oxidation sites excluding steroid dienone is 1. The van der Waals surface area contributed by atoms with E-state index in [0.717, 1.165) is 6.07 Å². The Labute approximate surface area is 103 Å². The lowest BCUT2D eigenvalue weighted by Gasteiger charge is -2.00. The number of halogens is 1. The number of aromatic hydroxyl groups is 1.